The number of hydrogen-bond donors (Lipinski definition) is 1. The minimum absolute atomic E-state index is 0.170. The fourth-order valence-corrected chi connectivity index (χ4v) is 1.72. The van der Waals surface area contributed by atoms with Crippen LogP contribution < -0.4 is 0 Å². The maximum Gasteiger partial charge on any atom is 0.252 e. The molecule has 5 heteroatoms. The maximum absolute atomic E-state index is 8.72. The predicted octanol–water partition coefficient (Wildman–Crippen LogP) is 0.200. The molecule has 1 aliphatic heterocycles. The first-order valence-electron chi connectivity index (χ1n) is 5.03. The lowest BCUT2D eigenvalue weighted by molar-refractivity contribution is 0.222. The van der Waals surface area contributed by atoms with E-state index in [1.807, 2.05) is 0 Å². The molecule has 1 saturated heterocycles. The maximum atomic E-state index is 8.72. The van der Waals surface area contributed by atoms with Gasteiger partial charge in [0.25, 0.3) is 5.89 Å². The van der Waals surface area contributed by atoms with E-state index in [1.54, 1.807) is 0 Å². The Hall–Kier alpha value is -0.940. The van der Waals surface area contributed by atoms with E-state index in [1.165, 1.54) is 25.9 Å². The van der Waals surface area contributed by atoms with Gasteiger partial charge >= 0.3 is 0 Å². The van der Waals surface area contributed by atoms with E-state index >= 15 is 0 Å². The van der Waals surface area contributed by atoms with Crippen molar-refractivity contribution in [1.29, 1.82) is 0 Å². The second-order valence-electron chi connectivity index (χ2n) is 3.56. The summed E-state index contributed by atoms with van der Waals surface area (Å²) >= 11 is 0. The Morgan fingerprint density at radius 3 is 2.79 bits per heavy atom. The smallest absolute Gasteiger partial charge is 0.252 e. The molecule has 0 bridgehead atoms. The van der Waals surface area contributed by atoms with Crippen molar-refractivity contribution in [2.45, 2.75) is 25.9 Å². The van der Waals surface area contributed by atoms with Crippen LogP contribution in [-0.4, -0.2) is 39.8 Å². The quantitative estimate of drug-likeness (QED) is 0.747. The van der Waals surface area contributed by atoms with Gasteiger partial charge in [0, 0.05) is 13.0 Å². The van der Waals surface area contributed by atoms with Crippen LogP contribution in [0.1, 0.15) is 24.6 Å². The van der Waals surface area contributed by atoms with Crippen molar-refractivity contribution < 1.29 is 9.63 Å². The lowest BCUT2D eigenvalue weighted by Crippen LogP contribution is -2.22. The van der Waals surface area contributed by atoms with Crippen LogP contribution in [0.3, 0.4) is 0 Å². The Morgan fingerprint density at radius 1 is 1.36 bits per heavy atom. The minimum atomic E-state index is -0.170. The van der Waals surface area contributed by atoms with E-state index in [-0.39, 0.29) is 6.61 Å². The van der Waals surface area contributed by atoms with Crippen LogP contribution in [0.15, 0.2) is 4.52 Å². The molecule has 5 nitrogen and oxygen atoms in total. The highest BCUT2D eigenvalue weighted by Gasteiger charge is 2.12. The van der Waals surface area contributed by atoms with Gasteiger partial charge in [-0.25, -0.2) is 0 Å². The van der Waals surface area contributed by atoms with Gasteiger partial charge in [0.1, 0.15) is 6.61 Å². The molecule has 1 aliphatic rings. The molecule has 0 atom stereocenters. The summed E-state index contributed by atoms with van der Waals surface area (Å²) in [6.07, 6.45) is 3.41. The first-order chi connectivity index (χ1) is 6.88. The highest BCUT2D eigenvalue weighted by Crippen LogP contribution is 2.08. The fraction of sp³-hybridized carbons (Fsp3) is 0.778. The lowest BCUT2D eigenvalue weighted by Gasteiger charge is -2.11. The topological polar surface area (TPSA) is 62.4 Å². The van der Waals surface area contributed by atoms with Gasteiger partial charge in [-0.05, 0) is 25.9 Å². The Labute approximate surface area is 82.7 Å². The molecule has 2 heterocycles. The largest absolute Gasteiger partial charge is 0.387 e. The van der Waals surface area contributed by atoms with Gasteiger partial charge in [-0.15, -0.1) is 0 Å². The summed E-state index contributed by atoms with van der Waals surface area (Å²) in [5.74, 6) is 1.00. The summed E-state index contributed by atoms with van der Waals surface area (Å²) in [6, 6.07) is 0. The second-order valence-corrected chi connectivity index (χ2v) is 3.56. The van der Waals surface area contributed by atoms with E-state index in [2.05, 4.69) is 15.0 Å². The third kappa shape index (κ3) is 2.30. The molecule has 0 unspecified atom stereocenters. The Bertz CT molecular complexity index is 281. The van der Waals surface area contributed by atoms with Gasteiger partial charge in [0.05, 0.1) is 0 Å². The third-order valence-electron chi connectivity index (χ3n) is 2.50. The molecule has 0 aliphatic carbocycles. The molecule has 0 amide bonds. The molecule has 1 N–H and O–H groups in total. The van der Waals surface area contributed by atoms with E-state index in [0.717, 1.165) is 13.0 Å². The van der Waals surface area contributed by atoms with E-state index < -0.39 is 0 Å². The van der Waals surface area contributed by atoms with Gasteiger partial charge in [-0.3, -0.25) is 0 Å². The SMILES string of the molecule is OCc1nc(CCN2CCCC2)no1. The molecule has 0 radical (unpaired) electrons. The number of likely N-dealkylation sites (tertiary alicyclic amines) is 1. The molecular formula is C9H15N3O2. The van der Waals surface area contributed by atoms with Crippen molar-refractivity contribution in [3.8, 4) is 0 Å². The number of hydrogen-bond acceptors (Lipinski definition) is 5. The molecule has 0 spiro atoms. The zero-order valence-electron chi connectivity index (χ0n) is 8.15. The first-order valence-corrected chi connectivity index (χ1v) is 5.03. The average Bonchev–Trinajstić information content (AvgIpc) is 2.86. The molecule has 78 valence electrons. The van der Waals surface area contributed by atoms with Crippen LogP contribution in [0.25, 0.3) is 0 Å². The lowest BCUT2D eigenvalue weighted by atomic mass is 10.4. The Balaban J connectivity index is 1.79. The van der Waals surface area contributed by atoms with Crippen molar-refractivity contribution in [3.63, 3.8) is 0 Å². The highest BCUT2D eigenvalue weighted by molar-refractivity contribution is 4.86. The molecule has 1 aromatic heterocycles. The summed E-state index contributed by atoms with van der Waals surface area (Å²) in [6.45, 7) is 3.19. The molecule has 1 aromatic rings. The fourth-order valence-electron chi connectivity index (χ4n) is 1.72. The molecule has 14 heavy (non-hydrogen) atoms. The van der Waals surface area contributed by atoms with Crippen molar-refractivity contribution >= 4 is 0 Å². The van der Waals surface area contributed by atoms with Crippen molar-refractivity contribution in [1.82, 2.24) is 15.0 Å². The van der Waals surface area contributed by atoms with Gasteiger partial charge in [0.15, 0.2) is 5.82 Å². The summed E-state index contributed by atoms with van der Waals surface area (Å²) in [5.41, 5.74) is 0. The summed E-state index contributed by atoms with van der Waals surface area (Å²) in [4.78, 5) is 6.43. The number of aliphatic hydroxyl groups is 1. The van der Waals surface area contributed by atoms with Crippen LogP contribution >= 0.6 is 0 Å². The molecular weight excluding hydrogens is 182 g/mol. The van der Waals surface area contributed by atoms with Gasteiger partial charge in [-0.2, -0.15) is 4.98 Å². The van der Waals surface area contributed by atoms with Crippen molar-refractivity contribution in [2.24, 2.45) is 0 Å². The minimum Gasteiger partial charge on any atom is -0.387 e. The Kier molecular flexibility index (Phi) is 3.10. The van der Waals surface area contributed by atoms with Crippen LogP contribution in [-0.2, 0) is 13.0 Å². The predicted molar refractivity (Wildman–Crippen MR) is 49.6 cm³/mol. The number of rotatable bonds is 4. The molecule has 1 fully saturated rings. The number of aromatic nitrogens is 2. The monoisotopic (exact) mass is 197 g/mol. The standard InChI is InChI=1S/C9H15N3O2/c13-7-9-10-8(11-14-9)3-6-12-4-1-2-5-12/h13H,1-7H2. The normalized spacial score (nSPS) is 17.8. The van der Waals surface area contributed by atoms with E-state index in [4.69, 9.17) is 9.63 Å². The summed E-state index contributed by atoms with van der Waals surface area (Å²) < 4.78 is 4.80. The van der Waals surface area contributed by atoms with Gasteiger partial charge < -0.3 is 14.5 Å². The van der Waals surface area contributed by atoms with E-state index in [9.17, 15) is 0 Å². The highest BCUT2D eigenvalue weighted by atomic mass is 16.5. The Morgan fingerprint density at radius 2 is 2.14 bits per heavy atom. The van der Waals surface area contributed by atoms with Gasteiger partial charge in [0.2, 0.25) is 0 Å². The van der Waals surface area contributed by atoms with Crippen molar-refractivity contribution in [3.05, 3.63) is 11.7 Å². The number of aliphatic hydroxyl groups excluding tert-OH is 1. The van der Waals surface area contributed by atoms with E-state index in [0.29, 0.717) is 11.7 Å². The molecule has 2 rings (SSSR count). The van der Waals surface area contributed by atoms with Crippen LogP contribution in [0.5, 0.6) is 0 Å². The first kappa shape index (κ1) is 9.61. The summed E-state index contributed by atoms with van der Waals surface area (Å²) in [5, 5.41) is 12.5. The van der Waals surface area contributed by atoms with Crippen molar-refractivity contribution in [2.75, 3.05) is 19.6 Å². The van der Waals surface area contributed by atoms with Crippen LogP contribution in [0.4, 0.5) is 0 Å². The molecule has 0 aromatic carbocycles. The third-order valence-corrected chi connectivity index (χ3v) is 2.50. The average molecular weight is 197 g/mol. The van der Waals surface area contributed by atoms with Crippen LogP contribution in [0, 0.1) is 0 Å². The zero-order valence-corrected chi connectivity index (χ0v) is 8.15. The summed E-state index contributed by atoms with van der Waals surface area (Å²) in [7, 11) is 0. The van der Waals surface area contributed by atoms with Gasteiger partial charge in [-0.1, -0.05) is 5.16 Å². The molecule has 0 saturated carbocycles. The number of nitrogens with zero attached hydrogens (tertiary/aromatic N) is 3. The second kappa shape index (κ2) is 4.52. The zero-order chi connectivity index (χ0) is 9.80. The van der Waals surface area contributed by atoms with Crippen LogP contribution in [0.2, 0.25) is 0 Å².